The number of rotatable bonds is 0. The Hall–Kier alpha value is 0.848. The van der Waals surface area contributed by atoms with Gasteiger partial charge < -0.3 is 0 Å². The van der Waals surface area contributed by atoms with Crippen LogP contribution in [0.25, 0.3) is 0 Å². The summed E-state index contributed by atoms with van der Waals surface area (Å²) >= 11 is 1.79. The van der Waals surface area contributed by atoms with Crippen molar-refractivity contribution in [3.63, 3.8) is 0 Å². The van der Waals surface area contributed by atoms with Gasteiger partial charge in [0.2, 0.25) is 0 Å². The second-order valence-corrected chi connectivity index (χ2v) is 6.00. The van der Waals surface area contributed by atoms with E-state index in [4.69, 9.17) is 0 Å². The smallest absolute Gasteiger partial charge is 0.147 e. The van der Waals surface area contributed by atoms with Crippen LogP contribution in [0.3, 0.4) is 0 Å². The molecule has 1 unspecified atom stereocenters. The van der Waals surface area contributed by atoms with Crippen LogP contribution in [0.15, 0.2) is 0 Å². The van der Waals surface area contributed by atoms with Gasteiger partial charge in [0.15, 0.2) is 0 Å². The summed E-state index contributed by atoms with van der Waals surface area (Å²) in [4.78, 5) is 0. The van der Waals surface area contributed by atoms with Crippen molar-refractivity contribution in [1.29, 1.82) is 0 Å². The normalized spacial score (nSPS) is 10.0. The molecular formula is C4H12AsCl. The number of hydrogen-bond donors (Lipinski definition) is 0. The largest absolute Gasteiger partial charge is 0.147 e. The van der Waals surface area contributed by atoms with Gasteiger partial charge in [-0.3, -0.25) is 0 Å². The molecule has 0 saturated carbocycles. The van der Waals surface area contributed by atoms with E-state index in [1.165, 1.54) is 0 Å². The first-order valence-corrected chi connectivity index (χ1v) is 3.00. The summed E-state index contributed by atoms with van der Waals surface area (Å²) in [6, 6.07) is 0. The summed E-state index contributed by atoms with van der Waals surface area (Å²) < 4.78 is 0.562. The summed E-state index contributed by atoms with van der Waals surface area (Å²) in [6.45, 7) is 6.65. The molecule has 0 N–H and O–H groups in total. The summed E-state index contributed by atoms with van der Waals surface area (Å²) in [5, 5.41) is 0. The summed E-state index contributed by atoms with van der Waals surface area (Å²) in [6.07, 6.45) is 0. The minimum absolute atomic E-state index is 0. The van der Waals surface area contributed by atoms with Gasteiger partial charge >= 0.3 is 41.8 Å². The van der Waals surface area contributed by atoms with Gasteiger partial charge in [0, 0.05) is 0 Å². The SMILES string of the molecule is CC(C)(C)[AsH2].Cl. The Balaban J connectivity index is 0. The van der Waals surface area contributed by atoms with Crippen LogP contribution in [-0.4, -0.2) is 16.9 Å². The first-order valence-electron chi connectivity index (χ1n) is 1.79. The maximum atomic E-state index is 2.22. The third kappa shape index (κ3) is 99.8. The molecule has 1 atom stereocenters. The van der Waals surface area contributed by atoms with Crippen LogP contribution in [0.2, 0.25) is 4.20 Å². The molecule has 6 heavy (non-hydrogen) atoms. The molecule has 2 heteroatoms. The average molecular weight is 171 g/mol. The molecule has 0 nitrogen and oxygen atoms in total. The predicted octanol–water partition coefficient (Wildman–Crippen LogP) is 1.26. The van der Waals surface area contributed by atoms with Crippen LogP contribution in [0.4, 0.5) is 0 Å². The second kappa shape index (κ2) is 2.93. The van der Waals surface area contributed by atoms with Crippen LogP contribution in [-0.2, 0) is 0 Å². The molecule has 0 aromatic heterocycles. The van der Waals surface area contributed by atoms with E-state index in [2.05, 4.69) is 20.8 Å². The van der Waals surface area contributed by atoms with Gasteiger partial charge in [-0.15, -0.1) is 12.4 Å². The minimum atomic E-state index is 0. The predicted molar refractivity (Wildman–Crippen MR) is 35.5 cm³/mol. The Morgan fingerprint density at radius 1 is 1.17 bits per heavy atom. The van der Waals surface area contributed by atoms with Crippen molar-refractivity contribution in [2.75, 3.05) is 0 Å². The Bertz CT molecular complexity index is 23.0. The zero-order valence-corrected chi connectivity index (χ0v) is 7.72. The Morgan fingerprint density at radius 3 is 1.17 bits per heavy atom. The van der Waals surface area contributed by atoms with E-state index in [0.717, 1.165) is 0 Å². The molecule has 0 saturated heterocycles. The first-order chi connectivity index (χ1) is 2.00. The molecule has 0 fully saturated rings. The molecule has 0 aromatic rings. The fraction of sp³-hybridized carbons (Fsp3) is 1.00. The molecule has 0 aliphatic carbocycles. The fourth-order valence-corrected chi connectivity index (χ4v) is 0. The monoisotopic (exact) mass is 170 g/mol. The van der Waals surface area contributed by atoms with E-state index in [9.17, 15) is 0 Å². The van der Waals surface area contributed by atoms with E-state index >= 15 is 0 Å². The Morgan fingerprint density at radius 2 is 1.17 bits per heavy atom. The molecule has 40 valence electrons. The van der Waals surface area contributed by atoms with Crippen LogP contribution in [0.1, 0.15) is 20.8 Å². The molecule has 0 aliphatic heterocycles. The molecular weight excluding hydrogens is 158 g/mol. The topological polar surface area (TPSA) is 0 Å². The van der Waals surface area contributed by atoms with Gasteiger partial charge in [0.05, 0.1) is 0 Å². The molecule has 0 aliphatic rings. The summed E-state index contributed by atoms with van der Waals surface area (Å²) in [5.74, 6) is 0. The van der Waals surface area contributed by atoms with Gasteiger partial charge in [0.1, 0.15) is 0 Å². The molecule has 0 heterocycles. The standard InChI is InChI=1S/C4H11As.ClH/c1-4(2,3)5;/h5H2,1-3H3;1H. The molecule has 0 radical (unpaired) electrons. The van der Waals surface area contributed by atoms with Crippen LogP contribution in [0.5, 0.6) is 0 Å². The van der Waals surface area contributed by atoms with Crippen molar-refractivity contribution in [1.82, 2.24) is 0 Å². The maximum Gasteiger partial charge on any atom is -0.147 e. The first kappa shape index (κ1) is 9.96. The summed E-state index contributed by atoms with van der Waals surface area (Å²) in [7, 11) is 0. The molecule has 0 rings (SSSR count). The Labute approximate surface area is 54.6 Å². The van der Waals surface area contributed by atoms with Crippen molar-refractivity contribution in [3.8, 4) is 0 Å². The van der Waals surface area contributed by atoms with Crippen molar-refractivity contribution < 1.29 is 0 Å². The number of halogens is 1. The molecule has 0 spiro atoms. The zero-order chi connectivity index (χ0) is 4.50. The zero-order valence-electron chi connectivity index (χ0n) is 4.49. The minimum Gasteiger partial charge on any atom is -0.147 e. The van der Waals surface area contributed by atoms with Gasteiger partial charge in [-0.2, -0.15) is 0 Å². The quantitative estimate of drug-likeness (QED) is 0.480. The fourth-order valence-electron chi connectivity index (χ4n) is 0. The maximum absolute atomic E-state index is 2.22. The second-order valence-electron chi connectivity index (χ2n) is 2.37. The van der Waals surface area contributed by atoms with E-state index in [-0.39, 0.29) is 12.4 Å². The average Bonchev–Trinajstić information content (AvgIpc) is 0.722. The Kier molecular flexibility index (Phi) is 4.87. The molecule has 0 bridgehead atoms. The third-order valence-electron chi connectivity index (χ3n) is 0. The van der Waals surface area contributed by atoms with Crippen molar-refractivity contribution >= 4 is 29.3 Å². The van der Waals surface area contributed by atoms with Crippen molar-refractivity contribution in [2.24, 2.45) is 0 Å². The van der Waals surface area contributed by atoms with Crippen molar-refractivity contribution in [2.45, 2.75) is 25.0 Å². The van der Waals surface area contributed by atoms with E-state index in [1.807, 2.05) is 0 Å². The van der Waals surface area contributed by atoms with Crippen LogP contribution >= 0.6 is 12.4 Å². The van der Waals surface area contributed by atoms with Crippen molar-refractivity contribution in [3.05, 3.63) is 0 Å². The number of hydrogen-bond acceptors (Lipinski definition) is 0. The van der Waals surface area contributed by atoms with Gasteiger partial charge in [-0.1, -0.05) is 0 Å². The van der Waals surface area contributed by atoms with E-state index < -0.39 is 0 Å². The van der Waals surface area contributed by atoms with Gasteiger partial charge in [0.25, 0.3) is 0 Å². The van der Waals surface area contributed by atoms with Crippen LogP contribution < -0.4 is 0 Å². The molecule has 0 amide bonds. The van der Waals surface area contributed by atoms with Crippen LogP contribution in [0, 0.1) is 0 Å². The van der Waals surface area contributed by atoms with E-state index in [1.54, 1.807) is 16.9 Å². The summed E-state index contributed by atoms with van der Waals surface area (Å²) in [5.41, 5.74) is 0. The van der Waals surface area contributed by atoms with Gasteiger partial charge in [-0.25, -0.2) is 0 Å². The van der Waals surface area contributed by atoms with E-state index in [0.29, 0.717) is 4.20 Å². The van der Waals surface area contributed by atoms with Gasteiger partial charge in [-0.05, 0) is 0 Å². The molecule has 0 aromatic carbocycles. The third-order valence-corrected chi connectivity index (χ3v) is 0.